The third-order valence-corrected chi connectivity index (χ3v) is 6.54. The van der Waals surface area contributed by atoms with E-state index in [-0.39, 0.29) is 18.1 Å². The minimum absolute atomic E-state index is 0.0106. The molecule has 1 aromatic carbocycles. The van der Waals surface area contributed by atoms with Gasteiger partial charge in [-0.1, -0.05) is 11.3 Å². The van der Waals surface area contributed by atoms with Gasteiger partial charge in [0.2, 0.25) is 0 Å². The molecular weight excluding hydrogens is 324 g/mol. The number of carbonyl (C=O) groups excluding carboxylic acids is 1. The van der Waals surface area contributed by atoms with E-state index < -0.39 is 0 Å². The van der Waals surface area contributed by atoms with Gasteiger partial charge >= 0.3 is 6.03 Å². The van der Waals surface area contributed by atoms with E-state index in [0.717, 1.165) is 47.0 Å². The molecule has 0 spiro atoms. The number of aromatic nitrogens is 1. The minimum atomic E-state index is -0.0106. The van der Waals surface area contributed by atoms with Crippen LogP contribution in [0, 0.1) is 0 Å². The molecule has 24 heavy (non-hydrogen) atoms. The number of anilines is 1. The van der Waals surface area contributed by atoms with Crippen LogP contribution in [0.3, 0.4) is 0 Å². The molecule has 3 atom stereocenters. The first-order valence-corrected chi connectivity index (χ1v) is 9.26. The Bertz CT molecular complexity index is 833. The molecule has 5 rings (SSSR count). The number of ether oxygens (including phenoxy) is 1. The molecule has 6 nitrogen and oxygen atoms in total. The van der Waals surface area contributed by atoms with Crippen molar-refractivity contribution in [1.29, 1.82) is 0 Å². The van der Waals surface area contributed by atoms with Crippen LogP contribution in [0.5, 0.6) is 5.75 Å². The molecule has 1 saturated carbocycles. The van der Waals surface area contributed by atoms with E-state index in [4.69, 9.17) is 9.72 Å². The summed E-state index contributed by atoms with van der Waals surface area (Å²) in [5.74, 6) is 0.941. The van der Waals surface area contributed by atoms with E-state index in [1.165, 1.54) is 5.56 Å². The van der Waals surface area contributed by atoms with Crippen molar-refractivity contribution in [1.82, 2.24) is 15.2 Å². The standard InChI is InChI=1S/C17H20N4O2S/c1-20(2)10-3-4-11-15(10)18-16(22)21(11)17-19-14-9-7-8-23-12(9)5-6-13(14)24-17/h5-6,10-11,15H,3-4,7-8H2,1-2H3,(H,18,22)/t10-,11-,15+/m1/s1. The molecule has 0 unspecified atom stereocenters. The highest BCUT2D eigenvalue weighted by Crippen LogP contribution is 2.41. The lowest BCUT2D eigenvalue weighted by molar-refractivity contribution is 0.238. The number of carbonyl (C=O) groups is 1. The van der Waals surface area contributed by atoms with Gasteiger partial charge in [0.15, 0.2) is 5.13 Å². The molecule has 2 aromatic rings. The van der Waals surface area contributed by atoms with Crippen LogP contribution in [0.4, 0.5) is 9.93 Å². The zero-order valence-electron chi connectivity index (χ0n) is 13.8. The fourth-order valence-electron chi connectivity index (χ4n) is 4.37. The minimum Gasteiger partial charge on any atom is -0.493 e. The second kappa shape index (κ2) is 5.07. The fraction of sp³-hybridized carbons (Fsp3) is 0.529. The maximum atomic E-state index is 12.6. The molecule has 0 bridgehead atoms. The summed E-state index contributed by atoms with van der Waals surface area (Å²) in [7, 11) is 4.17. The summed E-state index contributed by atoms with van der Waals surface area (Å²) in [6.45, 7) is 0.723. The summed E-state index contributed by atoms with van der Waals surface area (Å²) in [6, 6.07) is 4.86. The van der Waals surface area contributed by atoms with Crippen LogP contribution >= 0.6 is 11.3 Å². The van der Waals surface area contributed by atoms with Crippen molar-refractivity contribution < 1.29 is 9.53 Å². The first-order valence-electron chi connectivity index (χ1n) is 8.45. The van der Waals surface area contributed by atoms with Crippen molar-refractivity contribution in [2.24, 2.45) is 0 Å². The van der Waals surface area contributed by atoms with Crippen LogP contribution < -0.4 is 15.0 Å². The molecule has 1 aliphatic carbocycles. The maximum Gasteiger partial charge on any atom is 0.324 e. The molecule has 1 saturated heterocycles. The normalized spacial score (nSPS) is 28.4. The van der Waals surface area contributed by atoms with Crippen molar-refractivity contribution >= 4 is 32.7 Å². The van der Waals surface area contributed by atoms with Crippen molar-refractivity contribution in [2.45, 2.75) is 37.4 Å². The molecule has 2 amide bonds. The van der Waals surface area contributed by atoms with Gasteiger partial charge in [-0.3, -0.25) is 4.90 Å². The Labute approximate surface area is 144 Å². The summed E-state index contributed by atoms with van der Waals surface area (Å²) in [6.07, 6.45) is 3.02. The molecule has 2 fully saturated rings. The number of nitrogens with zero attached hydrogens (tertiary/aromatic N) is 3. The molecule has 126 valence electrons. The van der Waals surface area contributed by atoms with Gasteiger partial charge < -0.3 is 15.0 Å². The number of benzene rings is 1. The Morgan fingerprint density at radius 1 is 1.38 bits per heavy atom. The molecule has 3 aliphatic rings. The highest BCUT2D eigenvalue weighted by Gasteiger charge is 2.49. The molecule has 0 radical (unpaired) electrons. The van der Waals surface area contributed by atoms with Crippen molar-refractivity contribution in [2.75, 3.05) is 25.6 Å². The Morgan fingerprint density at radius 3 is 3.08 bits per heavy atom. The zero-order valence-corrected chi connectivity index (χ0v) is 14.6. The molecule has 3 heterocycles. The summed E-state index contributed by atoms with van der Waals surface area (Å²) >= 11 is 1.61. The van der Waals surface area contributed by atoms with Gasteiger partial charge in [-0.15, -0.1) is 0 Å². The number of likely N-dealkylation sites (N-methyl/N-ethyl adjacent to an activating group) is 1. The quantitative estimate of drug-likeness (QED) is 0.908. The Balaban J connectivity index is 1.55. The maximum absolute atomic E-state index is 12.6. The Kier molecular flexibility index (Phi) is 3.06. The molecule has 7 heteroatoms. The molecular formula is C17H20N4O2S. The average Bonchev–Trinajstić information content (AvgIpc) is 3.26. The van der Waals surface area contributed by atoms with E-state index in [1.807, 2.05) is 11.0 Å². The van der Waals surface area contributed by atoms with Crippen molar-refractivity contribution in [3.05, 3.63) is 17.7 Å². The summed E-state index contributed by atoms with van der Waals surface area (Å²) < 4.78 is 6.77. The predicted molar refractivity (Wildman–Crippen MR) is 94.1 cm³/mol. The predicted octanol–water partition coefficient (Wildman–Crippen LogP) is 2.22. The number of hydrogen-bond acceptors (Lipinski definition) is 5. The van der Waals surface area contributed by atoms with E-state index >= 15 is 0 Å². The monoisotopic (exact) mass is 344 g/mol. The van der Waals surface area contributed by atoms with Gasteiger partial charge in [0.1, 0.15) is 5.75 Å². The Morgan fingerprint density at radius 2 is 2.25 bits per heavy atom. The van der Waals surface area contributed by atoms with Crippen LogP contribution in [0.1, 0.15) is 18.4 Å². The first kappa shape index (κ1) is 14.5. The summed E-state index contributed by atoms with van der Waals surface area (Å²) in [5, 5.41) is 3.99. The number of amides is 2. The molecule has 1 N–H and O–H groups in total. The lowest BCUT2D eigenvalue weighted by Gasteiger charge is -2.24. The smallest absolute Gasteiger partial charge is 0.324 e. The summed E-state index contributed by atoms with van der Waals surface area (Å²) in [4.78, 5) is 21.6. The van der Waals surface area contributed by atoms with Gasteiger partial charge in [-0.05, 0) is 39.1 Å². The second-order valence-electron chi connectivity index (χ2n) is 7.00. The van der Waals surface area contributed by atoms with Crippen LogP contribution in [0.2, 0.25) is 0 Å². The van der Waals surface area contributed by atoms with E-state index in [1.54, 1.807) is 11.3 Å². The van der Waals surface area contributed by atoms with E-state index in [2.05, 4.69) is 30.4 Å². The van der Waals surface area contributed by atoms with Crippen molar-refractivity contribution in [3.63, 3.8) is 0 Å². The van der Waals surface area contributed by atoms with Gasteiger partial charge in [0, 0.05) is 18.0 Å². The van der Waals surface area contributed by atoms with E-state index in [0.29, 0.717) is 6.04 Å². The van der Waals surface area contributed by atoms with E-state index in [9.17, 15) is 4.79 Å². The largest absolute Gasteiger partial charge is 0.493 e. The van der Waals surface area contributed by atoms with Crippen LogP contribution in [0.15, 0.2) is 12.1 Å². The third kappa shape index (κ3) is 1.91. The Hall–Kier alpha value is -1.86. The average molecular weight is 344 g/mol. The number of rotatable bonds is 2. The highest BCUT2D eigenvalue weighted by atomic mass is 32.1. The van der Waals surface area contributed by atoms with Gasteiger partial charge in [-0.2, -0.15) is 0 Å². The third-order valence-electron chi connectivity index (χ3n) is 5.52. The lowest BCUT2D eigenvalue weighted by atomic mass is 10.1. The van der Waals surface area contributed by atoms with Crippen LogP contribution in [-0.2, 0) is 6.42 Å². The highest BCUT2D eigenvalue weighted by molar-refractivity contribution is 7.22. The number of urea groups is 1. The molecule has 1 aromatic heterocycles. The lowest BCUT2D eigenvalue weighted by Crippen LogP contribution is -2.44. The fourth-order valence-corrected chi connectivity index (χ4v) is 5.42. The van der Waals surface area contributed by atoms with Crippen LogP contribution in [0.25, 0.3) is 10.2 Å². The number of hydrogen-bond donors (Lipinski definition) is 1. The second-order valence-corrected chi connectivity index (χ2v) is 8.01. The van der Waals surface area contributed by atoms with Gasteiger partial charge in [-0.25, -0.2) is 9.78 Å². The zero-order chi connectivity index (χ0) is 16.4. The molecule has 2 aliphatic heterocycles. The number of fused-ring (bicyclic) bond motifs is 4. The van der Waals surface area contributed by atoms with Crippen LogP contribution in [-0.4, -0.2) is 54.7 Å². The van der Waals surface area contributed by atoms with Gasteiger partial charge in [0.25, 0.3) is 0 Å². The number of thiazole rings is 1. The first-order chi connectivity index (χ1) is 11.6. The van der Waals surface area contributed by atoms with Crippen molar-refractivity contribution in [3.8, 4) is 5.75 Å². The SMILES string of the molecule is CN(C)[C@@H]1CC[C@@H]2[C@H]1NC(=O)N2c1nc2c3c(ccc2s1)OCC3. The topological polar surface area (TPSA) is 57.7 Å². The summed E-state index contributed by atoms with van der Waals surface area (Å²) in [5.41, 5.74) is 2.19. The van der Waals surface area contributed by atoms with Gasteiger partial charge in [0.05, 0.1) is 28.9 Å². The number of nitrogens with one attached hydrogen (secondary N) is 1.